The van der Waals surface area contributed by atoms with Crippen LogP contribution in [0.5, 0.6) is 0 Å². The Kier molecular flexibility index (Phi) is 4.06. The van der Waals surface area contributed by atoms with Crippen molar-refractivity contribution >= 4 is 21.4 Å². The fraction of sp³-hybridized carbons (Fsp3) is 0.538. The van der Waals surface area contributed by atoms with Crippen LogP contribution in [0.4, 0.5) is 0 Å². The fourth-order valence-electron chi connectivity index (χ4n) is 2.46. The van der Waals surface area contributed by atoms with Crippen LogP contribution in [0.15, 0.2) is 20.9 Å². The molecule has 22 heavy (non-hydrogen) atoms. The maximum absolute atomic E-state index is 12.7. The Hall–Kier alpha value is -1.29. The van der Waals surface area contributed by atoms with Crippen molar-refractivity contribution in [1.82, 2.24) is 19.3 Å². The fourth-order valence-corrected chi connectivity index (χ4v) is 5.34. The lowest BCUT2D eigenvalue weighted by Crippen LogP contribution is -2.48. The van der Waals surface area contributed by atoms with E-state index in [2.05, 4.69) is 10.1 Å². The summed E-state index contributed by atoms with van der Waals surface area (Å²) >= 11 is 1.30. The van der Waals surface area contributed by atoms with Gasteiger partial charge in [-0.25, -0.2) is 8.42 Å². The maximum Gasteiger partial charge on any atom is 0.252 e. The third-order valence-electron chi connectivity index (χ3n) is 3.75. The summed E-state index contributed by atoms with van der Waals surface area (Å²) in [7, 11) is -1.53. The zero-order valence-electron chi connectivity index (χ0n) is 12.7. The highest BCUT2D eigenvalue weighted by Gasteiger charge is 2.36. The van der Waals surface area contributed by atoms with Gasteiger partial charge in [-0.05, 0) is 33.0 Å². The first-order valence-electron chi connectivity index (χ1n) is 6.95. The van der Waals surface area contributed by atoms with Gasteiger partial charge in [-0.2, -0.15) is 9.29 Å². The highest BCUT2D eigenvalue weighted by atomic mass is 32.2. The minimum absolute atomic E-state index is 0.217. The summed E-state index contributed by atoms with van der Waals surface area (Å²) in [5.74, 6) is 1.01. The molecule has 1 aliphatic heterocycles. The predicted molar refractivity (Wildman–Crippen MR) is 82.2 cm³/mol. The van der Waals surface area contributed by atoms with Gasteiger partial charge in [0, 0.05) is 24.5 Å². The van der Waals surface area contributed by atoms with Crippen LogP contribution < -0.4 is 0 Å². The van der Waals surface area contributed by atoms with Crippen molar-refractivity contribution < 1.29 is 12.9 Å². The van der Waals surface area contributed by atoms with Crippen LogP contribution in [-0.2, 0) is 10.0 Å². The van der Waals surface area contributed by atoms with Crippen LogP contribution in [0.2, 0.25) is 0 Å². The lowest BCUT2D eigenvalue weighted by Gasteiger charge is -2.36. The van der Waals surface area contributed by atoms with E-state index >= 15 is 0 Å². The van der Waals surface area contributed by atoms with E-state index in [0.717, 1.165) is 4.88 Å². The SMILES string of the molecule is Cc1noc(C2CN(S(=O)(=O)c3ccc(C)s3)CCN2C)n1. The minimum atomic E-state index is -3.46. The summed E-state index contributed by atoms with van der Waals surface area (Å²) in [5, 5.41) is 3.80. The third-order valence-corrected chi connectivity index (χ3v) is 7.08. The van der Waals surface area contributed by atoms with Crippen molar-refractivity contribution in [1.29, 1.82) is 0 Å². The number of thiophene rings is 1. The summed E-state index contributed by atoms with van der Waals surface area (Å²) < 4.78 is 32.6. The Morgan fingerprint density at radius 3 is 2.68 bits per heavy atom. The van der Waals surface area contributed by atoms with E-state index in [0.29, 0.717) is 35.6 Å². The summed E-state index contributed by atoms with van der Waals surface area (Å²) in [4.78, 5) is 7.26. The second-order valence-corrected chi connectivity index (χ2v) is 8.86. The minimum Gasteiger partial charge on any atom is -0.338 e. The normalized spacial score (nSPS) is 21.3. The molecule has 1 aliphatic rings. The average molecular weight is 342 g/mol. The topological polar surface area (TPSA) is 79.5 Å². The molecule has 1 atom stereocenters. The maximum atomic E-state index is 12.7. The van der Waals surface area contributed by atoms with Crippen LogP contribution >= 0.6 is 11.3 Å². The standard InChI is InChI=1S/C13H18N4O3S2/c1-9-4-5-12(21-9)22(18,19)17-7-6-16(3)11(8-17)13-14-10(2)15-20-13/h4-5,11H,6-8H2,1-3H3. The molecule has 7 nitrogen and oxygen atoms in total. The van der Waals surface area contributed by atoms with Crippen LogP contribution in [0.3, 0.4) is 0 Å². The van der Waals surface area contributed by atoms with E-state index in [1.165, 1.54) is 15.6 Å². The first kappa shape index (κ1) is 15.6. The van der Waals surface area contributed by atoms with E-state index in [-0.39, 0.29) is 6.04 Å². The largest absolute Gasteiger partial charge is 0.338 e. The van der Waals surface area contributed by atoms with E-state index in [9.17, 15) is 8.42 Å². The third kappa shape index (κ3) is 2.81. The van der Waals surface area contributed by atoms with Gasteiger partial charge in [-0.1, -0.05) is 5.16 Å². The van der Waals surface area contributed by atoms with Gasteiger partial charge in [-0.3, -0.25) is 4.90 Å². The number of aromatic nitrogens is 2. The number of hydrogen-bond acceptors (Lipinski definition) is 7. The molecule has 0 radical (unpaired) electrons. The van der Waals surface area contributed by atoms with Gasteiger partial charge in [0.2, 0.25) is 5.89 Å². The van der Waals surface area contributed by atoms with Crippen LogP contribution in [0.1, 0.15) is 22.6 Å². The van der Waals surface area contributed by atoms with Crippen molar-refractivity contribution in [2.24, 2.45) is 0 Å². The summed E-state index contributed by atoms with van der Waals surface area (Å²) in [5.41, 5.74) is 0. The molecule has 0 N–H and O–H groups in total. The van der Waals surface area contributed by atoms with Gasteiger partial charge >= 0.3 is 0 Å². The molecule has 0 saturated carbocycles. The van der Waals surface area contributed by atoms with Crippen LogP contribution in [0, 0.1) is 13.8 Å². The molecule has 0 aliphatic carbocycles. The molecule has 2 aromatic rings. The van der Waals surface area contributed by atoms with Gasteiger partial charge in [0.05, 0.1) is 0 Å². The van der Waals surface area contributed by atoms with Crippen LogP contribution in [0.25, 0.3) is 0 Å². The zero-order chi connectivity index (χ0) is 15.9. The van der Waals surface area contributed by atoms with E-state index in [1.54, 1.807) is 13.0 Å². The van der Waals surface area contributed by atoms with Crippen molar-refractivity contribution in [2.45, 2.75) is 24.1 Å². The number of likely N-dealkylation sites (N-methyl/N-ethyl adjacent to an activating group) is 1. The second-order valence-electron chi connectivity index (χ2n) is 5.40. The Bertz CT molecular complexity index is 768. The van der Waals surface area contributed by atoms with Gasteiger partial charge in [0.1, 0.15) is 10.3 Å². The molecule has 3 heterocycles. The summed E-state index contributed by atoms with van der Waals surface area (Å²) in [6.07, 6.45) is 0. The van der Waals surface area contributed by atoms with Gasteiger partial charge < -0.3 is 4.52 Å². The molecular formula is C13H18N4O3S2. The van der Waals surface area contributed by atoms with Crippen molar-refractivity contribution in [3.8, 4) is 0 Å². The predicted octanol–water partition coefficient (Wildman–Crippen LogP) is 1.43. The molecule has 9 heteroatoms. The molecule has 120 valence electrons. The number of aryl methyl sites for hydroxylation is 2. The molecule has 0 aromatic carbocycles. The Morgan fingerprint density at radius 1 is 1.32 bits per heavy atom. The van der Waals surface area contributed by atoms with Gasteiger partial charge in [-0.15, -0.1) is 11.3 Å². The molecular weight excluding hydrogens is 324 g/mol. The average Bonchev–Trinajstić information content (AvgIpc) is 3.08. The highest BCUT2D eigenvalue weighted by Crippen LogP contribution is 2.29. The molecule has 2 aromatic heterocycles. The second kappa shape index (κ2) is 5.73. The molecule has 1 saturated heterocycles. The lowest BCUT2D eigenvalue weighted by atomic mass is 10.2. The van der Waals surface area contributed by atoms with E-state index < -0.39 is 10.0 Å². The quantitative estimate of drug-likeness (QED) is 0.839. The molecule has 0 amide bonds. The smallest absolute Gasteiger partial charge is 0.252 e. The lowest BCUT2D eigenvalue weighted by molar-refractivity contribution is 0.120. The Morgan fingerprint density at radius 2 is 2.09 bits per heavy atom. The Balaban J connectivity index is 1.86. The van der Waals surface area contributed by atoms with E-state index in [4.69, 9.17) is 4.52 Å². The summed E-state index contributed by atoms with van der Waals surface area (Å²) in [6, 6.07) is 3.28. The van der Waals surface area contributed by atoms with Crippen molar-refractivity contribution in [3.63, 3.8) is 0 Å². The number of sulfonamides is 1. The number of rotatable bonds is 3. The first-order valence-corrected chi connectivity index (χ1v) is 9.20. The van der Waals surface area contributed by atoms with Crippen molar-refractivity contribution in [3.05, 3.63) is 28.7 Å². The van der Waals surface area contributed by atoms with E-state index in [1.807, 2.05) is 24.9 Å². The number of hydrogen-bond donors (Lipinski definition) is 0. The van der Waals surface area contributed by atoms with Gasteiger partial charge in [0.15, 0.2) is 5.82 Å². The first-order chi connectivity index (χ1) is 10.4. The summed E-state index contributed by atoms with van der Waals surface area (Å²) in [6.45, 7) is 5.04. The molecule has 0 bridgehead atoms. The number of piperazine rings is 1. The zero-order valence-corrected chi connectivity index (χ0v) is 14.3. The molecule has 3 rings (SSSR count). The monoisotopic (exact) mass is 342 g/mol. The highest BCUT2D eigenvalue weighted by molar-refractivity contribution is 7.91. The molecule has 1 unspecified atom stereocenters. The number of nitrogens with zero attached hydrogens (tertiary/aromatic N) is 4. The molecule has 1 fully saturated rings. The van der Waals surface area contributed by atoms with Crippen molar-refractivity contribution in [2.75, 3.05) is 26.7 Å². The van der Waals surface area contributed by atoms with Gasteiger partial charge in [0.25, 0.3) is 10.0 Å². The van der Waals surface area contributed by atoms with Crippen LogP contribution in [-0.4, -0.2) is 54.4 Å². The molecule has 0 spiro atoms. The Labute approximate surface area is 133 Å².